The number of amidine groups is 1. The molecule has 0 unspecified atom stereocenters. The van der Waals surface area contributed by atoms with Crippen molar-refractivity contribution in [3.63, 3.8) is 0 Å². The lowest BCUT2D eigenvalue weighted by molar-refractivity contribution is -0.120. The van der Waals surface area contributed by atoms with Crippen molar-refractivity contribution >= 4 is 17.4 Å². The maximum atomic E-state index is 11.3. The maximum Gasteiger partial charge on any atom is 0.239 e. The highest BCUT2D eigenvalue weighted by atomic mass is 16.4. The van der Waals surface area contributed by atoms with E-state index < -0.39 is 0 Å². The summed E-state index contributed by atoms with van der Waals surface area (Å²) in [5.41, 5.74) is 7.04. The molecule has 1 heterocycles. The van der Waals surface area contributed by atoms with E-state index in [-0.39, 0.29) is 18.3 Å². The van der Waals surface area contributed by atoms with Gasteiger partial charge in [-0.15, -0.1) is 0 Å². The van der Waals surface area contributed by atoms with Crippen LogP contribution in [0.25, 0.3) is 0 Å². The Bertz CT molecular complexity index is 459. The zero-order chi connectivity index (χ0) is 12.3. The molecule has 0 bridgehead atoms. The molecule has 1 aromatic carbocycles. The number of anilines is 1. The van der Waals surface area contributed by atoms with Crippen LogP contribution in [0.2, 0.25) is 0 Å². The van der Waals surface area contributed by atoms with Crippen molar-refractivity contribution in [2.24, 2.45) is 10.9 Å². The molecule has 17 heavy (non-hydrogen) atoms. The van der Waals surface area contributed by atoms with Gasteiger partial charge in [0.15, 0.2) is 5.84 Å². The van der Waals surface area contributed by atoms with Gasteiger partial charge in [0.2, 0.25) is 5.91 Å². The fourth-order valence-electron chi connectivity index (χ4n) is 1.86. The molecule has 1 aromatic rings. The number of nitrogens with zero attached hydrogens (tertiary/aromatic N) is 2. The lowest BCUT2D eigenvalue weighted by Gasteiger charge is -2.30. The second kappa shape index (κ2) is 4.73. The lowest BCUT2D eigenvalue weighted by atomic mass is 10.1. The predicted molar refractivity (Wildman–Crippen MR) is 64.2 cm³/mol. The van der Waals surface area contributed by atoms with Gasteiger partial charge in [-0.1, -0.05) is 17.3 Å². The van der Waals surface area contributed by atoms with Gasteiger partial charge in [0, 0.05) is 24.3 Å². The topological polar surface area (TPSA) is 90.9 Å². The van der Waals surface area contributed by atoms with E-state index in [1.165, 1.54) is 0 Å². The highest BCUT2D eigenvalue weighted by molar-refractivity contribution is 6.02. The minimum atomic E-state index is -0.0226. The van der Waals surface area contributed by atoms with E-state index in [1.54, 1.807) is 12.1 Å². The van der Waals surface area contributed by atoms with Crippen LogP contribution < -0.4 is 16.0 Å². The summed E-state index contributed by atoms with van der Waals surface area (Å²) in [6, 6.07) is 7.28. The Kier molecular flexibility index (Phi) is 3.13. The fourth-order valence-corrected chi connectivity index (χ4v) is 1.86. The molecule has 4 N–H and O–H groups in total. The van der Waals surface area contributed by atoms with Crippen LogP contribution in [0, 0.1) is 0 Å². The molecule has 0 saturated carbocycles. The molecule has 1 aliphatic rings. The number of piperazine rings is 1. The Balaban J connectivity index is 2.34. The number of amides is 1. The number of oxime groups is 1. The number of para-hydroxylation sites is 1. The minimum Gasteiger partial charge on any atom is -0.409 e. The smallest absolute Gasteiger partial charge is 0.239 e. The standard InChI is InChI=1S/C11H14N4O2/c12-11(14-17)8-3-1-2-4-9(8)15-6-5-13-10(16)7-15/h1-4,17H,5-7H2,(H2,12,14)(H,13,16). The van der Waals surface area contributed by atoms with Crippen LogP contribution in [0.3, 0.4) is 0 Å². The third-order valence-corrected chi connectivity index (χ3v) is 2.67. The molecular formula is C11H14N4O2. The summed E-state index contributed by atoms with van der Waals surface area (Å²) in [6.45, 7) is 1.60. The number of benzene rings is 1. The normalized spacial score (nSPS) is 16.8. The SMILES string of the molecule is NC(=NO)c1ccccc1N1CCNC(=O)C1. The summed E-state index contributed by atoms with van der Waals surface area (Å²) in [7, 11) is 0. The van der Waals surface area contributed by atoms with Crippen LogP contribution in [0.4, 0.5) is 5.69 Å². The minimum absolute atomic E-state index is 0.0226. The largest absolute Gasteiger partial charge is 0.409 e. The van der Waals surface area contributed by atoms with Gasteiger partial charge < -0.3 is 21.2 Å². The predicted octanol–water partition coefficient (Wildman–Crippen LogP) is -0.283. The second-order valence-corrected chi connectivity index (χ2v) is 3.77. The van der Waals surface area contributed by atoms with Crippen LogP contribution in [-0.2, 0) is 4.79 Å². The van der Waals surface area contributed by atoms with Crippen molar-refractivity contribution in [2.75, 3.05) is 24.5 Å². The van der Waals surface area contributed by atoms with Crippen LogP contribution in [0.1, 0.15) is 5.56 Å². The Labute approximate surface area is 98.7 Å². The van der Waals surface area contributed by atoms with E-state index in [0.717, 1.165) is 5.69 Å². The molecular weight excluding hydrogens is 220 g/mol. The van der Waals surface area contributed by atoms with Gasteiger partial charge in [0.05, 0.1) is 6.54 Å². The molecule has 6 heteroatoms. The Morgan fingerprint density at radius 3 is 2.94 bits per heavy atom. The number of nitrogens with one attached hydrogen (secondary N) is 1. The third kappa shape index (κ3) is 2.30. The van der Waals surface area contributed by atoms with Crippen LogP contribution in [-0.4, -0.2) is 36.6 Å². The monoisotopic (exact) mass is 234 g/mol. The molecule has 0 aromatic heterocycles. The first kappa shape index (κ1) is 11.3. The van der Waals surface area contributed by atoms with Gasteiger partial charge in [-0.2, -0.15) is 0 Å². The van der Waals surface area contributed by atoms with Gasteiger partial charge in [-0.05, 0) is 12.1 Å². The fraction of sp³-hybridized carbons (Fsp3) is 0.273. The van der Waals surface area contributed by atoms with Gasteiger partial charge >= 0.3 is 0 Å². The lowest BCUT2D eigenvalue weighted by Crippen LogP contribution is -2.48. The Morgan fingerprint density at radius 1 is 1.47 bits per heavy atom. The van der Waals surface area contributed by atoms with E-state index in [9.17, 15) is 4.79 Å². The molecule has 90 valence electrons. The van der Waals surface area contributed by atoms with E-state index in [2.05, 4.69) is 10.5 Å². The van der Waals surface area contributed by atoms with Crippen LogP contribution in [0.5, 0.6) is 0 Å². The van der Waals surface area contributed by atoms with Crippen molar-refractivity contribution in [1.29, 1.82) is 0 Å². The first-order chi connectivity index (χ1) is 8.22. The number of carbonyl (C=O) groups is 1. The molecule has 0 radical (unpaired) electrons. The van der Waals surface area contributed by atoms with Crippen molar-refractivity contribution in [3.05, 3.63) is 29.8 Å². The van der Waals surface area contributed by atoms with E-state index in [0.29, 0.717) is 18.7 Å². The number of carbonyl (C=O) groups excluding carboxylic acids is 1. The summed E-state index contributed by atoms with van der Waals surface area (Å²) >= 11 is 0. The summed E-state index contributed by atoms with van der Waals surface area (Å²) in [6.07, 6.45) is 0. The average Bonchev–Trinajstić information content (AvgIpc) is 2.38. The van der Waals surface area contributed by atoms with Gasteiger partial charge in [-0.3, -0.25) is 4.79 Å². The van der Waals surface area contributed by atoms with Crippen LogP contribution in [0.15, 0.2) is 29.4 Å². The number of hydrogen-bond acceptors (Lipinski definition) is 4. The summed E-state index contributed by atoms with van der Waals surface area (Å²) in [5, 5.41) is 14.5. The number of hydrogen-bond donors (Lipinski definition) is 3. The third-order valence-electron chi connectivity index (χ3n) is 2.67. The van der Waals surface area contributed by atoms with Crippen molar-refractivity contribution < 1.29 is 10.0 Å². The second-order valence-electron chi connectivity index (χ2n) is 3.77. The highest BCUT2D eigenvalue weighted by Gasteiger charge is 2.19. The molecule has 0 spiro atoms. The number of rotatable bonds is 2. The molecule has 0 aliphatic carbocycles. The van der Waals surface area contributed by atoms with Crippen molar-refractivity contribution in [1.82, 2.24) is 5.32 Å². The van der Waals surface area contributed by atoms with E-state index in [4.69, 9.17) is 10.9 Å². The van der Waals surface area contributed by atoms with Crippen LogP contribution >= 0.6 is 0 Å². The van der Waals surface area contributed by atoms with Gasteiger partial charge in [0.25, 0.3) is 0 Å². The molecule has 2 rings (SSSR count). The summed E-state index contributed by atoms with van der Waals surface area (Å²) in [4.78, 5) is 13.2. The van der Waals surface area contributed by atoms with E-state index in [1.807, 2.05) is 17.0 Å². The van der Waals surface area contributed by atoms with E-state index >= 15 is 0 Å². The molecule has 1 amide bonds. The van der Waals surface area contributed by atoms with Crippen molar-refractivity contribution in [3.8, 4) is 0 Å². The molecule has 1 fully saturated rings. The molecule has 1 saturated heterocycles. The average molecular weight is 234 g/mol. The molecule has 0 atom stereocenters. The number of nitrogens with two attached hydrogens (primary N) is 1. The first-order valence-electron chi connectivity index (χ1n) is 5.31. The summed E-state index contributed by atoms with van der Waals surface area (Å²) < 4.78 is 0. The Morgan fingerprint density at radius 2 is 2.24 bits per heavy atom. The Hall–Kier alpha value is -2.24. The zero-order valence-corrected chi connectivity index (χ0v) is 9.26. The maximum absolute atomic E-state index is 11.3. The molecule has 6 nitrogen and oxygen atoms in total. The zero-order valence-electron chi connectivity index (χ0n) is 9.26. The van der Waals surface area contributed by atoms with Crippen molar-refractivity contribution in [2.45, 2.75) is 0 Å². The molecule has 1 aliphatic heterocycles. The van der Waals surface area contributed by atoms with Gasteiger partial charge in [-0.25, -0.2) is 0 Å². The highest BCUT2D eigenvalue weighted by Crippen LogP contribution is 2.20. The van der Waals surface area contributed by atoms with Gasteiger partial charge in [0.1, 0.15) is 0 Å². The first-order valence-corrected chi connectivity index (χ1v) is 5.31. The summed E-state index contributed by atoms with van der Waals surface area (Å²) in [5.74, 6) is 0.0251. The quantitative estimate of drug-likeness (QED) is 0.284.